The summed E-state index contributed by atoms with van der Waals surface area (Å²) in [6, 6.07) is 0.810. The molecule has 1 atom stereocenters. The van der Waals surface area contributed by atoms with Crippen molar-refractivity contribution >= 4 is 5.95 Å². The van der Waals surface area contributed by atoms with Crippen molar-refractivity contribution in [3.63, 3.8) is 0 Å². The monoisotopic (exact) mass is 230 g/mol. The lowest BCUT2D eigenvalue weighted by Crippen LogP contribution is -2.29. The Balaban J connectivity index is 2.30. The Bertz CT molecular complexity index is 434. The number of hydrogen-bond acceptors (Lipinski definition) is 4. The summed E-state index contributed by atoms with van der Waals surface area (Å²) in [4.78, 5) is 19.0. The largest absolute Gasteiger partial charge is 0.341 e. The van der Waals surface area contributed by atoms with Crippen LogP contribution in [0.4, 0.5) is 14.7 Å². The topological polar surface area (TPSA) is 75.0 Å². The first-order valence-electron chi connectivity index (χ1n) is 4.96. The second-order valence-electron chi connectivity index (χ2n) is 3.79. The molecule has 1 aromatic rings. The minimum Gasteiger partial charge on any atom is -0.341 e. The molecule has 0 unspecified atom stereocenters. The van der Waals surface area contributed by atoms with Gasteiger partial charge in [-0.2, -0.15) is 0 Å². The summed E-state index contributed by atoms with van der Waals surface area (Å²) in [5.74, 6) is 0.177. The van der Waals surface area contributed by atoms with Crippen LogP contribution in [-0.2, 0) is 0 Å². The van der Waals surface area contributed by atoms with Crippen LogP contribution in [0.25, 0.3) is 0 Å². The summed E-state index contributed by atoms with van der Waals surface area (Å²) in [7, 11) is 0. The third kappa shape index (κ3) is 2.19. The van der Waals surface area contributed by atoms with Crippen LogP contribution >= 0.6 is 0 Å². The van der Waals surface area contributed by atoms with Gasteiger partial charge in [-0.25, -0.2) is 13.8 Å². The number of H-pyrrole nitrogens is 1. The van der Waals surface area contributed by atoms with E-state index in [1.165, 1.54) is 0 Å². The van der Waals surface area contributed by atoms with Crippen LogP contribution in [-0.4, -0.2) is 29.1 Å². The Morgan fingerprint density at radius 1 is 1.62 bits per heavy atom. The van der Waals surface area contributed by atoms with Gasteiger partial charge in [0.15, 0.2) is 0 Å². The average Bonchev–Trinajstić information content (AvgIpc) is 2.64. The van der Waals surface area contributed by atoms with Crippen molar-refractivity contribution in [1.29, 1.82) is 0 Å². The van der Waals surface area contributed by atoms with Crippen molar-refractivity contribution in [2.45, 2.75) is 18.9 Å². The fourth-order valence-electron chi connectivity index (χ4n) is 1.70. The van der Waals surface area contributed by atoms with E-state index in [0.717, 1.165) is 12.5 Å². The molecule has 7 heteroatoms. The molecule has 2 heterocycles. The number of alkyl halides is 2. The van der Waals surface area contributed by atoms with Gasteiger partial charge >= 0.3 is 0 Å². The maximum absolute atomic E-state index is 12.4. The van der Waals surface area contributed by atoms with E-state index in [-0.39, 0.29) is 12.0 Å². The fourth-order valence-corrected chi connectivity index (χ4v) is 1.70. The van der Waals surface area contributed by atoms with Crippen molar-refractivity contribution in [2.24, 2.45) is 5.73 Å². The maximum atomic E-state index is 12.4. The molecule has 0 amide bonds. The Kier molecular flexibility index (Phi) is 2.86. The van der Waals surface area contributed by atoms with E-state index >= 15 is 0 Å². The zero-order valence-corrected chi connectivity index (χ0v) is 8.49. The van der Waals surface area contributed by atoms with E-state index in [0.29, 0.717) is 13.1 Å². The van der Waals surface area contributed by atoms with Gasteiger partial charge in [0.05, 0.1) is 0 Å². The molecule has 1 aliphatic rings. The lowest BCUT2D eigenvalue weighted by Gasteiger charge is -2.16. The van der Waals surface area contributed by atoms with E-state index < -0.39 is 17.7 Å². The molecule has 0 saturated carbocycles. The molecule has 1 fully saturated rings. The van der Waals surface area contributed by atoms with Gasteiger partial charge in [-0.1, -0.05) is 0 Å². The van der Waals surface area contributed by atoms with Gasteiger partial charge in [0.2, 0.25) is 5.95 Å². The molecule has 1 saturated heterocycles. The van der Waals surface area contributed by atoms with Crippen LogP contribution in [0.3, 0.4) is 0 Å². The summed E-state index contributed by atoms with van der Waals surface area (Å²) in [6.45, 7) is 1.15. The predicted octanol–water partition coefficient (Wildman–Crippen LogP) is 0.245. The minimum absolute atomic E-state index is 0.000471. The number of nitrogens with zero attached hydrogens (tertiary/aromatic N) is 2. The maximum Gasteiger partial charge on any atom is 0.280 e. The highest BCUT2D eigenvalue weighted by atomic mass is 19.3. The number of hydrogen-bond donors (Lipinski definition) is 2. The average molecular weight is 230 g/mol. The molecule has 1 aromatic heterocycles. The molecule has 1 aliphatic heterocycles. The summed E-state index contributed by atoms with van der Waals surface area (Å²) in [5.41, 5.74) is 4.62. The van der Waals surface area contributed by atoms with Crippen molar-refractivity contribution in [3.05, 3.63) is 22.1 Å². The molecule has 0 aromatic carbocycles. The molecule has 5 nitrogen and oxygen atoms in total. The van der Waals surface area contributed by atoms with Crippen LogP contribution in [0.5, 0.6) is 0 Å². The SMILES string of the molecule is N[C@@H]1CCN(c2nc(C(F)F)cc(=O)[nH]2)C1. The molecule has 16 heavy (non-hydrogen) atoms. The van der Waals surface area contributed by atoms with Crippen LogP contribution in [0, 0.1) is 0 Å². The molecule has 0 bridgehead atoms. The van der Waals surface area contributed by atoms with Gasteiger partial charge in [0, 0.05) is 25.2 Å². The summed E-state index contributed by atoms with van der Waals surface area (Å²) in [5, 5.41) is 0. The Hall–Kier alpha value is -1.50. The van der Waals surface area contributed by atoms with Crippen molar-refractivity contribution in [2.75, 3.05) is 18.0 Å². The first kappa shape index (κ1) is 11.0. The molecule has 0 aliphatic carbocycles. The number of rotatable bonds is 2. The number of nitrogens with one attached hydrogen (secondary N) is 1. The molecule has 3 N–H and O–H groups in total. The van der Waals surface area contributed by atoms with Gasteiger partial charge in [0.1, 0.15) is 5.69 Å². The highest BCUT2D eigenvalue weighted by molar-refractivity contribution is 5.32. The molecule has 88 valence electrons. The van der Waals surface area contributed by atoms with Crippen molar-refractivity contribution in [3.8, 4) is 0 Å². The number of aromatic amines is 1. The van der Waals surface area contributed by atoms with Gasteiger partial charge in [0.25, 0.3) is 12.0 Å². The van der Waals surface area contributed by atoms with Crippen molar-refractivity contribution < 1.29 is 8.78 Å². The standard InChI is InChI=1S/C9H12F2N4O/c10-8(11)6-3-7(16)14-9(13-6)15-2-1-5(12)4-15/h3,5,8H,1-2,4,12H2,(H,13,14,16)/t5-/m1/s1. The van der Waals surface area contributed by atoms with E-state index in [9.17, 15) is 13.6 Å². The Morgan fingerprint density at radius 3 is 2.94 bits per heavy atom. The highest BCUT2D eigenvalue weighted by Gasteiger charge is 2.22. The van der Waals surface area contributed by atoms with E-state index in [2.05, 4.69) is 9.97 Å². The van der Waals surface area contributed by atoms with Gasteiger partial charge < -0.3 is 10.6 Å². The third-order valence-electron chi connectivity index (χ3n) is 2.50. The van der Waals surface area contributed by atoms with Crippen molar-refractivity contribution in [1.82, 2.24) is 9.97 Å². The number of anilines is 1. The normalized spacial score (nSPS) is 20.8. The summed E-state index contributed by atoms with van der Waals surface area (Å²) >= 11 is 0. The van der Waals surface area contributed by atoms with Gasteiger partial charge in [-0.05, 0) is 6.42 Å². The molecular formula is C9H12F2N4O. The zero-order chi connectivity index (χ0) is 11.7. The molecule has 0 radical (unpaired) electrons. The van der Waals surface area contributed by atoms with Gasteiger partial charge in [-0.3, -0.25) is 9.78 Å². The van der Waals surface area contributed by atoms with Crippen LogP contribution in [0.2, 0.25) is 0 Å². The van der Waals surface area contributed by atoms with Crippen LogP contribution < -0.4 is 16.2 Å². The second-order valence-corrected chi connectivity index (χ2v) is 3.79. The van der Waals surface area contributed by atoms with Crippen LogP contribution in [0.1, 0.15) is 18.5 Å². The second kappa shape index (κ2) is 4.17. The lowest BCUT2D eigenvalue weighted by molar-refractivity contribution is 0.146. The number of aromatic nitrogens is 2. The first-order valence-corrected chi connectivity index (χ1v) is 4.96. The van der Waals surface area contributed by atoms with Crippen LogP contribution in [0.15, 0.2) is 10.9 Å². The third-order valence-corrected chi connectivity index (χ3v) is 2.50. The van der Waals surface area contributed by atoms with E-state index in [4.69, 9.17) is 5.73 Å². The predicted molar refractivity (Wildman–Crippen MR) is 54.6 cm³/mol. The Labute approximate surface area is 90.3 Å². The lowest BCUT2D eigenvalue weighted by atomic mass is 10.3. The quantitative estimate of drug-likeness (QED) is 0.763. The zero-order valence-electron chi connectivity index (χ0n) is 8.49. The van der Waals surface area contributed by atoms with Gasteiger partial charge in [-0.15, -0.1) is 0 Å². The fraction of sp³-hybridized carbons (Fsp3) is 0.556. The minimum atomic E-state index is -2.74. The summed E-state index contributed by atoms with van der Waals surface area (Å²) < 4.78 is 24.9. The summed E-state index contributed by atoms with van der Waals surface area (Å²) in [6.07, 6.45) is -1.97. The Morgan fingerprint density at radius 2 is 2.38 bits per heavy atom. The molecular weight excluding hydrogens is 218 g/mol. The van der Waals surface area contributed by atoms with E-state index in [1.54, 1.807) is 4.90 Å². The number of halogens is 2. The first-order chi connectivity index (χ1) is 7.56. The smallest absolute Gasteiger partial charge is 0.280 e. The molecule has 0 spiro atoms. The van der Waals surface area contributed by atoms with E-state index in [1.807, 2.05) is 0 Å². The number of nitrogens with two attached hydrogens (primary N) is 1. The highest BCUT2D eigenvalue weighted by Crippen LogP contribution is 2.18. The molecule has 2 rings (SSSR count).